The number of allylic oxidation sites excluding steroid dienone is 1. The molecule has 0 saturated heterocycles. The minimum atomic E-state index is 0.00334. The zero-order chi connectivity index (χ0) is 14.7. The maximum atomic E-state index is 12.1. The van der Waals surface area contributed by atoms with Gasteiger partial charge in [0.25, 0.3) is 0 Å². The van der Waals surface area contributed by atoms with Gasteiger partial charge in [-0.15, -0.1) is 0 Å². The van der Waals surface area contributed by atoms with E-state index >= 15 is 0 Å². The normalized spacial score (nSPS) is 11.4. The van der Waals surface area contributed by atoms with E-state index in [0.717, 1.165) is 11.4 Å². The zero-order valence-electron chi connectivity index (χ0n) is 12.4. The standard InChI is InChI=1S/C17H20N2O/c1-12(2)14-5-7-15(8-6-14)17(20)10-9-16-11-13(3)19(4)18-16/h5-12H,1-4H3/b10-9+. The summed E-state index contributed by atoms with van der Waals surface area (Å²) in [6.45, 7) is 6.26. The lowest BCUT2D eigenvalue weighted by atomic mass is 10.0. The number of hydrogen-bond donors (Lipinski definition) is 0. The Bertz CT molecular complexity index is 614. The Balaban J connectivity index is 2.11. The van der Waals surface area contributed by atoms with E-state index in [0.29, 0.717) is 11.5 Å². The van der Waals surface area contributed by atoms with Gasteiger partial charge in [-0.2, -0.15) is 5.10 Å². The Morgan fingerprint density at radius 2 is 1.90 bits per heavy atom. The maximum absolute atomic E-state index is 12.1. The van der Waals surface area contributed by atoms with Crippen LogP contribution in [0.15, 0.2) is 36.4 Å². The van der Waals surface area contributed by atoms with Crippen LogP contribution < -0.4 is 0 Å². The van der Waals surface area contributed by atoms with E-state index in [9.17, 15) is 4.79 Å². The number of aromatic nitrogens is 2. The summed E-state index contributed by atoms with van der Waals surface area (Å²) in [6, 6.07) is 9.73. The molecule has 1 heterocycles. The molecule has 0 fully saturated rings. The molecule has 0 atom stereocenters. The predicted octanol–water partition coefficient (Wildman–Crippen LogP) is 3.75. The molecule has 0 N–H and O–H groups in total. The van der Waals surface area contributed by atoms with Crippen LogP contribution in [0.3, 0.4) is 0 Å². The molecule has 0 saturated carbocycles. The van der Waals surface area contributed by atoms with E-state index in [4.69, 9.17) is 0 Å². The van der Waals surface area contributed by atoms with E-state index in [2.05, 4.69) is 18.9 Å². The SMILES string of the molecule is Cc1cc(/C=C/C(=O)c2ccc(C(C)C)cc2)nn1C. The first-order valence-corrected chi connectivity index (χ1v) is 6.80. The van der Waals surface area contributed by atoms with E-state index in [1.54, 1.807) is 16.8 Å². The van der Waals surface area contributed by atoms with Crippen LogP contribution in [0.5, 0.6) is 0 Å². The topological polar surface area (TPSA) is 34.9 Å². The fraction of sp³-hybridized carbons (Fsp3) is 0.294. The van der Waals surface area contributed by atoms with Crippen molar-refractivity contribution in [1.82, 2.24) is 9.78 Å². The Kier molecular flexibility index (Phi) is 4.18. The Morgan fingerprint density at radius 1 is 1.25 bits per heavy atom. The van der Waals surface area contributed by atoms with Crippen molar-refractivity contribution in [3.05, 3.63) is 58.9 Å². The first-order valence-electron chi connectivity index (χ1n) is 6.80. The largest absolute Gasteiger partial charge is 0.289 e. The third kappa shape index (κ3) is 3.23. The number of hydrogen-bond acceptors (Lipinski definition) is 2. The summed E-state index contributed by atoms with van der Waals surface area (Å²) in [5.41, 5.74) is 3.82. The molecule has 0 aliphatic rings. The second-order valence-electron chi connectivity index (χ2n) is 5.31. The van der Waals surface area contributed by atoms with Crippen molar-refractivity contribution in [3.63, 3.8) is 0 Å². The summed E-state index contributed by atoms with van der Waals surface area (Å²) in [6.07, 6.45) is 3.33. The molecule has 20 heavy (non-hydrogen) atoms. The monoisotopic (exact) mass is 268 g/mol. The van der Waals surface area contributed by atoms with Crippen LogP contribution in [0, 0.1) is 6.92 Å². The van der Waals surface area contributed by atoms with Crippen molar-refractivity contribution in [2.24, 2.45) is 7.05 Å². The van der Waals surface area contributed by atoms with Crippen LogP contribution in [-0.4, -0.2) is 15.6 Å². The number of benzene rings is 1. The molecule has 0 spiro atoms. The fourth-order valence-corrected chi connectivity index (χ4v) is 1.96. The van der Waals surface area contributed by atoms with Gasteiger partial charge >= 0.3 is 0 Å². The van der Waals surface area contributed by atoms with Gasteiger partial charge in [0.2, 0.25) is 0 Å². The van der Waals surface area contributed by atoms with Crippen molar-refractivity contribution in [3.8, 4) is 0 Å². The number of carbonyl (C=O) groups is 1. The fourth-order valence-electron chi connectivity index (χ4n) is 1.96. The summed E-state index contributed by atoms with van der Waals surface area (Å²) >= 11 is 0. The molecule has 0 unspecified atom stereocenters. The first-order chi connectivity index (χ1) is 9.47. The highest BCUT2D eigenvalue weighted by molar-refractivity contribution is 6.06. The van der Waals surface area contributed by atoms with Gasteiger partial charge in [0.15, 0.2) is 5.78 Å². The number of rotatable bonds is 4. The van der Waals surface area contributed by atoms with Crippen LogP contribution in [0.1, 0.15) is 47.1 Å². The maximum Gasteiger partial charge on any atom is 0.185 e. The molecular weight excluding hydrogens is 248 g/mol. The van der Waals surface area contributed by atoms with E-state index in [1.165, 1.54) is 5.56 Å². The lowest BCUT2D eigenvalue weighted by molar-refractivity contribution is 0.104. The highest BCUT2D eigenvalue weighted by Gasteiger charge is 2.04. The number of ketones is 1. The Hall–Kier alpha value is -2.16. The van der Waals surface area contributed by atoms with Gasteiger partial charge in [-0.25, -0.2) is 0 Å². The van der Waals surface area contributed by atoms with Crippen molar-refractivity contribution in [2.75, 3.05) is 0 Å². The zero-order valence-corrected chi connectivity index (χ0v) is 12.4. The van der Waals surface area contributed by atoms with E-state index in [1.807, 2.05) is 44.3 Å². The second-order valence-corrected chi connectivity index (χ2v) is 5.31. The van der Waals surface area contributed by atoms with Gasteiger partial charge in [-0.3, -0.25) is 9.48 Å². The molecule has 3 heteroatoms. The minimum Gasteiger partial charge on any atom is -0.289 e. The lowest BCUT2D eigenvalue weighted by Crippen LogP contribution is -1.96. The third-order valence-electron chi connectivity index (χ3n) is 3.40. The summed E-state index contributed by atoms with van der Waals surface area (Å²) in [5.74, 6) is 0.481. The van der Waals surface area contributed by atoms with Crippen LogP contribution >= 0.6 is 0 Å². The molecule has 104 valence electrons. The molecule has 0 aliphatic carbocycles. The highest BCUT2D eigenvalue weighted by Crippen LogP contribution is 2.15. The van der Waals surface area contributed by atoms with Crippen LogP contribution in [0.4, 0.5) is 0 Å². The number of nitrogens with zero attached hydrogens (tertiary/aromatic N) is 2. The molecule has 2 aromatic rings. The van der Waals surface area contributed by atoms with Gasteiger partial charge in [0.1, 0.15) is 0 Å². The second kappa shape index (κ2) is 5.87. The summed E-state index contributed by atoms with van der Waals surface area (Å²) in [4.78, 5) is 12.1. The molecule has 0 aliphatic heterocycles. The van der Waals surface area contributed by atoms with Crippen molar-refractivity contribution < 1.29 is 4.79 Å². The average Bonchev–Trinajstić information content (AvgIpc) is 2.75. The molecule has 0 bridgehead atoms. The van der Waals surface area contributed by atoms with Gasteiger partial charge in [0, 0.05) is 18.3 Å². The lowest BCUT2D eigenvalue weighted by Gasteiger charge is -2.04. The van der Waals surface area contributed by atoms with Crippen LogP contribution in [0.2, 0.25) is 0 Å². The molecule has 3 nitrogen and oxygen atoms in total. The summed E-state index contributed by atoms with van der Waals surface area (Å²) in [5, 5.41) is 4.29. The van der Waals surface area contributed by atoms with Crippen molar-refractivity contribution >= 4 is 11.9 Å². The van der Waals surface area contributed by atoms with E-state index in [-0.39, 0.29) is 5.78 Å². The summed E-state index contributed by atoms with van der Waals surface area (Å²) < 4.78 is 1.79. The van der Waals surface area contributed by atoms with Gasteiger partial charge in [-0.1, -0.05) is 38.1 Å². The van der Waals surface area contributed by atoms with E-state index < -0.39 is 0 Å². The van der Waals surface area contributed by atoms with Crippen LogP contribution in [0.25, 0.3) is 6.08 Å². The first kappa shape index (κ1) is 14.3. The van der Waals surface area contributed by atoms with Crippen LogP contribution in [-0.2, 0) is 7.05 Å². The molecule has 0 radical (unpaired) electrons. The molecule has 2 rings (SSSR count). The third-order valence-corrected chi connectivity index (χ3v) is 3.40. The predicted molar refractivity (Wildman–Crippen MR) is 81.8 cm³/mol. The van der Waals surface area contributed by atoms with Gasteiger partial charge in [-0.05, 0) is 36.6 Å². The number of carbonyl (C=O) groups excluding carboxylic acids is 1. The average molecular weight is 268 g/mol. The molecule has 1 aromatic carbocycles. The molecule has 1 aromatic heterocycles. The quantitative estimate of drug-likeness (QED) is 0.625. The van der Waals surface area contributed by atoms with Gasteiger partial charge in [0.05, 0.1) is 5.69 Å². The molecular formula is C17H20N2O. The number of aryl methyl sites for hydroxylation is 2. The van der Waals surface area contributed by atoms with Crippen molar-refractivity contribution in [2.45, 2.75) is 26.7 Å². The van der Waals surface area contributed by atoms with Crippen molar-refractivity contribution in [1.29, 1.82) is 0 Å². The Morgan fingerprint density at radius 3 is 2.40 bits per heavy atom. The summed E-state index contributed by atoms with van der Waals surface area (Å²) in [7, 11) is 1.89. The Labute approximate surface area is 119 Å². The minimum absolute atomic E-state index is 0.00334. The smallest absolute Gasteiger partial charge is 0.185 e. The van der Waals surface area contributed by atoms with Gasteiger partial charge < -0.3 is 0 Å². The molecule has 0 amide bonds. The highest BCUT2D eigenvalue weighted by atomic mass is 16.1.